The fourth-order valence-electron chi connectivity index (χ4n) is 1.58. The number of carbonyl (C=O) groups is 1. The van der Waals surface area contributed by atoms with E-state index in [1.165, 1.54) is 13.3 Å². The zero-order valence-electron chi connectivity index (χ0n) is 10.3. The van der Waals surface area contributed by atoms with Gasteiger partial charge in [0.2, 0.25) is 0 Å². The van der Waals surface area contributed by atoms with E-state index in [0.29, 0.717) is 16.9 Å². The van der Waals surface area contributed by atoms with Gasteiger partial charge in [0.05, 0.1) is 17.9 Å². The van der Waals surface area contributed by atoms with Crippen LogP contribution in [0.5, 0.6) is 5.75 Å². The fourth-order valence-corrected chi connectivity index (χ4v) is 1.58. The van der Waals surface area contributed by atoms with Gasteiger partial charge in [-0.15, -0.1) is 0 Å². The number of amides is 1. The third kappa shape index (κ3) is 2.93. The van der Waals surface area contributed by atoms with Gasteiger partial charge in [-0.2, -0.15) is 5.26 Å². The van der Waals surface area contributed by atoms with Crippen LogP contribution in [0, 0.1) is 11.3 Å². The number of nitrogens with zero attached hydrogens (tertiary/aromatic N) is 1. The van der Waals surface area contributed by atoms with Crippen LogP contribution < -0.4 is 10.1 Å². The number of nitriles is 1. The van der Waals surface area contributed by atoms with Gasteiger partial charge in [-0.25, -0.2) is 0 Å². The van der Waals surface area contributed by atoms with E-state index in [4.69, 9.17) is 14.4 Å². The number of ether oxygens (including phenoxy) is 1. The first-order chi connectivity index (χ1) is 9.24. The molecule has 0 radical (unpaired) electrons. The maximum atomic E-state index is 11.5. The predicted molar refractivity (Wildman–Crippen MR) is 67.6 cm³/mol. The Morgan fingerprint density at radius 1 is 1.47 bits per heavy atom. The van der Waals surface area contributed by atoms with E-state index in [0.717, 1.165) is 0 Å². The SMILES string of the molecule is CNC(=O)c1occc1COc1cccc(C#N)c1. The van der Waals surface area contributed by atoms with E-state index in [9.17, 15) is 4.79 Å². The van der Waals surface area contributed by atoms with Gasteiger partial charge in [-0.05, 0) is 24.3 Å². The van der Waals surface area contributed by atoms with E-state index >= 15 is 0 Å². The lowest BCUT2D eigenvalue weighted by Crippen LogP contribution is -2.18. The van der Waals surface area contributed by atoms with Crippen LogP contribution in [0.3, 0.4) is 0 Å². The second kappa shape index (κ2) is 5.74. The third-order valence-corrected chi connectivity index (χ3v) is 2.54. The molecule has 0 saturated carbocycles. The minimum Gasteiger partial charge on any atom is -0.489 e. The molecule has 0 aliphatic heterocycles. The van der Waals surface area contributed by atoms with Crippen LogP contribution >= 0.6 is 0 Å². The Morgan fingerprint density at radius 2 is 2.32 bits per heavy atom. The second-order valence-electron chi connectivity index (χ2n) is 3.78. The number of carbonyl (C=O) groups excluding carboxylic acids is 1. The summed E-state index contributed by atoms with van der Waals surface area (Å²) >= 11 is 0. The topological polar surface area (TPSA) is 75.3 Å². The van der Waals surface area contributed by atoms with Crippen LogP contribution in [0.25, 0.3) is 0 Å². The van der Waals surface area contributed by atoms with Gasteiger partial charge in [0.15, 0.2) is 5.76 Å². The zero-order valence-corrected chi connectivity index (χ0v) is 10.3. The first-order valence-electron chi connectivity index (χ1n) is 5.66. The van der Waals surface area contributed by atoms with Crippen molar-refractivity contribution in [3.8, 4) is 11.8 Å². The predicted octanol–water partition coefficient (Wildman–Crippen LogP) is 2.09. The van der Waals surface area contributed by atoms with Crippen molar-refractivity contribution >= 4 is 5.91 Å². The number of hydrogen-bond donors (Lipinski definition) is 1. The van der Waals surface area contributed by atoms with Gasteiger partial charge in [0, 0.05) is 12.6 Å². The van der Waals surface area contributed by atoms with Crippen molar-refractivity contribution in [2.75, 3.05) is 7.05 Å². The molecule has 0 bridgehead atoms. The van der Waals surface area contributed by atoms with E-state index in [1.807, 2.05) is 6.07 Å². The van der Waals surface area contributed by atoms with Crippen molar-refractivity contribution in [1.29, 1.82) is 5.26 Å². The maximum absolute atomic E-state index is 11.5. The van der Waals surface area contributed by atoms with Crippen molar-refractivity contribution in [3.63, 3.8) is 0 Å². The van der Waals surface area contributed by atoms with Crippen LogP contribution in [0.1, 0.15) is 21.7 Å². The van der Waals surface area contributed by atoms with Crippen LogP contribution in [-0.4, -0.2) is 13.0 Å². The lowest BCUT2D eigenvalue weighted by molar-refractivity contribution is 0.0932. The average Bonchev–Trinajstić information content (AvgIpc) is 2.93. The first kappa shape index (κ1) is 12.7. The molecule has 0 unspecified atom stereocenters. The first-order valence-corrected chi connectivity index (χ1v) is 5.66. The van der Waals surface area contributed by atoms with Crippen molar-refractivity contribution in [2.24, 2.45) is 0 Å². The van der Waals surface area contributed by atoms with Gasteiger partial charge in [0.25, 0.3) is 5.91 Å². The van der Waals surface area contributed by atoms with E-state index in [1.54, 1.807) is 30.3 Å². The smallest absolute Gasteiger partial charge is 0.287 e. The molecule has 1 heterocycles. The maximum Gasteiger partial charge on any atom is 0.287 e. The van der Waals surface area contributed by atoms with Crippen LogP contribution in [0.2, 0.25) is 0 Å². The number of rotatable bonds is 4. The average molecular weight is 256 g/mol. The Balaban J connectivity index is 2.09. The fraction of sp³-hybridized carbons (Fsp3) is 0.143. The molecule has 1 N–H and O–H groups in total. The molecule has 5 heteroatoms. The number of benzene rings is 1. The number of furan rings is 1. The van der Waals surface area contributed by atoms with Gasteiger partial charge in [-0.1, -0.05) is 6.07 Å². The van der Waals surface area contributed by atoms with Crippen LogP contribution in [0.4, 0.5) is 0 Å². The highest BCUT2D eigenvalue weighted by molar-refractivity contribution is 5.92. The molecule has 96 valence electrons. The summed E-state index contributed by atoms with van der Waals surface area (Å²) in [6.07, 6.45) is 1.44. The Morgan fingerprint density at radius 3 is 3.05 bits per heavy atom. The molecule has 0 atom stereocenters. The summed E-state index contributed by atoms with van der Waals surface area (Å²) in [6.45, 7) is 0.203. The number of nitrogens with one attached hydrogen (secondary N) is 1. The minimum absolute atomic E-state index is 0.203. The molecule has 0 fully saturated rings. The van der Waals surface area contributed by atoms with Gasteiger partial charge >= 0.3 is 0 Å². The monoisotopic (exact) mass is 256 g/mol. The molecule has 0 aliphatic carbocycles. The summed E-state index contributed by atoms with van der Waals surface area (Å²) in [5, 5.41) is 11.3. The molecule has 2 rings (SSSR count). The Hall–Kier alpha value is -2.74. The standard InChI is InChI=1S/C14H12N2O3/c1-16-14(17)13-11(5-6-18-13)9-19-12-4-2-3-10(7-12)8-15/h2-7H,9H2,1H3,(H,16,17). The van der Waals surface area contributed by atoms with Crippen molar-refractivity contribution in [1.82, 2.24) is 5.32 Å². The van der Waals surface area contributed by atoms with Crippen molar-refractivity contribution < 1.29 is 13.9 Å². The molecule has 1 aromatic heterocycles. The lowest BCUT2D eigenvalue weighted by atomic mass is 10.2. The van der Waals surface area contributed by atoms with Crippen molar-refractivity contribution in [3.05, 3.63) is 53.5 Å². The molecule has 0 aliphatic rings. The highest BCUT2D eigenvalue weighted by Gasteiger charge is 2.14. The molecule has 1 amide bonds. The normalized spacial score (nSPS) is 9.68. The number of hydrogen-bond acceptors (Lipinski definition) is 4. The summed E-state index contributed by atoms with van der Waals surface area (Å²) in [6, 6.07) is 10.5. The van der Waals surface area contributed by atoms with Gasteiger partial charge in [-0.3, -0.25) is 4.79 Å². The summed E-state index contributed by atoms with van der Waals surface area (Å²) in [5.74, 6) is 0.511. The molecule has 0 saturated heterocycles. The Bertz CT molecular complexity index is 626. The van der Waals surface area contributed by atoms with E-state index in [2.05, 4.69) is 5.32 Å². The van der Waals surface area contributed by atoms with Gasteiger partial charge in [0.1, 0.15) is 12.4 Å². The summed E-state index contributed by atoms with van der Waals surface area (Å²) in [7, 11) is 1.53. The molecule has 19 heavy (non-hydrogen) atoms. The molecule has 0 spiro atoms. The molecular formula is C14H12N2O3. The largest absolute Gasteiger partial charge is 0.489 e. The lowest BCUT2D eigenvalue weighted by Gasteiger charge is -2.06. The van der Waals surface area contributed by atoms with E-state index < -0.39 is 0 Å². The highest BCUT2D eigenvalue weighted by atomic mass is 16.5. The molecule has 5 nitrogen and oxygen atoms in total. The summed E-state index contributed by atoms with van der Waals surface area (Å²) < 4.78 is 10.6. The quantitative estimate of drug-likeness (QED) is 0.908. The van der Waals surface area contributed by atoms with Gasteiger partial charge < -0.3 is 14.5 Å². The zero-order chi connectivity index (χ0) is 13.7. The minimum atomic E-state index is -0.297. The van der Waals surface area contributed by atoms with E-state index in [-0.39, 0.29) is 18.3 Å². The highest BCUT2D eigenvalue weighted by Crippen LogP contribution is 2.17. The molecular weight excluding hydrogens is 244 g/mol. The van der Waals surface area contributed by atoms with Crippen LogP contribution in [0.15, 0.2) is 41.0 Å². The second-order valence-corrected chi connectivity index (χ2v) is 3.78. The Kier molecular flexibility index (Phi) is 3.84. The molecule has 2 aromatic rings. The Labute approximate surface area is 110 Å². The third-order valence-electron chi connectivity index (χ3n) is 2.54. The van der Waals surface area contributed by atoms with Crippen molar-refractivity contribution in [2.45, 2.75) is 6.61 Å². The summed E-state index contributed by atoms with van der Waals surface area (Å²) in [4.78, 5) is 11.5. The summed E-state index contributed by atoms with van der Waals surface area (Å²) in [5.41, 5.74) is 1.18. The molecule has 1 aromatic carbocycles. The van der Waals surface area contributed by atoms with Crippen LogP contribution in [-0.2, 0) is 6.61 Å².